The van der Waals surface area contributed by atoms with Gasteiger partial charge in [0.2, 0.25) is 10.9 Å². The van der Waals surface area contributed by atoms with Crippen LogP contribution in [0.15, 0.2) is 107 Å². The van der Waals surface area contributed by atoms with Gasteiger partial charge in [-0.05, 0) is 87.1 Å². The lowest BCUT2D eigenvalue weighted by atomic mass is 10.1. The van der Waals surface area contributed by atoms with E-state index in [-0.39, 0.29) is 22.4 Å². The second-order valence-corrected chi connectivity index (χ2v) is 13.4. The number of para-hydroxylation sites is 2. The van der Waals surface area contributed by atoms with Crippen molar-refractivity contribution in [2.24, 2.45) is 14.1 Å². The van der Waals surface area contributed by atoms with E-state index in [4.69, 9.17) is 0 Å². The van der Waals surface area contributed by atoms with Gasteiger partial charge in [-0.1, -0.05) is 48.5 Å². The summed E-state index contributed by atoms with van der Waals surface area (Å²) in [4.78, 5) is 29.8. The fourth-order valence-corrected chi connectivity index (χ4v) is 7.57. The maximum atomic E-state index is 12.5. The smallest absolute Gasteiger partial charge is 0.231 e. The maximum absolute atomic E-state index is 12.5. The third-order valence-corrected chi connectivity index (χ3v) is 10.3. The normalized spacial score (nSPS) is 14.8. The first-order valence-electron chi connectivity index (χ1n) is 17.7. The van der Waals surface area contributed by atoms with E-state index in [0.717, 1.165) is 48.3 Å². The largest absolute Gasteiger partial charge is 0.503 e. The monoisotopic (exact) mass is 668 g/mol. The van der Waals surface area contributed by atoms with Crippen LogP contribution in [0.25, 0.3) is 44.3 Å². The first kappa shape index (κ1) is 33.0. The SMILES string of the molecule is Cn1c(-c2ccc(N3CCCCC3)cc2)c(O)c(=O)c2ccccc21.Cn1c(-c2ccc(N3CCCCC3)cc2)c(O)c(=O)c2ccccc21. The lowest BCUT2D eigenvalue weighted by Gasteiger charge is -2.29. The number of fused-ring (bicyclic) bond motifs is 2. The summed E-state index contributed by atoms with van der Waals surface area (Å²) in [5.74, 6) is -0.376. The summed E-state index contributed by atoms with van der Waals surface area (Å²) >= 11 is 0. The van der Waals surface area contributed by atoms with Crippen molar-refractivity contribution in [2.45, 2.75) is 38.5 Å². The third-order valence-electron chi connectivity index (χ3n) is 10.3. The minimum Gasteiger partial charge on any atom is -0.503 e. The average Bonchev–Trinajstić information content (AvgIpc) is 3.18. The highest BCUT2D eigenvalue weighted by atomic mass is 16.3. The minimum atomic E-state index is -0.316. The number of piperidine rings is 2. The quantitative estimate of drug-likeness (QED) is 0.199. The molecule has 0 atom stereocenters. The Kier molecular flexibility index (Phi) is 9.35. The number of benzene rings is 4. The lowest BCUT2D eigenvalue weighted by Crippen LogP contribution is -2.29. The highest BCUT2D eigenvalue weighted by Crippen LogP contribution is 2.33. The first-order valence-corrected chi connectivity index (χ1v) is 17.7. The Morgan fingerprint density at radius 2 is 0.800 bits per heavy atom. The molecule has 0 unspecified atom stereocenters. The summed E-state index contributed by atoms with van der Waals surface area (Å²) in [7, 11) is 3.77. The Hall–Kier alpha value is -5.50. The zero-order valence-corrected chi connectivity index (χ0v) is 28.8. The van der Waals surface area contributed by atoms with Crippen molar-refractivity contribution in [3.8, 4) is 34.0 Å². The second kappa shape index (κ2) is 14.2. The van der Waals surface area contributed by atoms with Crippen molar-refractivity contribution in [1.82, 2.24) is 9.13 Å². The molecule has 0 radical (unpaired) electrons. The molecule has 50 heavy (non-hydrogen) atoms. The second-order valence-electron chi connectivity index (χ2n) is 13.4. The van der Waals surface area contributed by atoms with E-state index >= 15 is 0 Å². The molecule has 0 amide bonds. The van der Waals surface area contributed by atoms with E-state index in [9.17, 15) is 19.8 Å². The number of rotatable bonds is 4. The molecular formula is C42H44N4O4. The van der Waals surface area contributed by atoms with E-state index < -0.39 is 0 Å². The fourth-order valence-electron chi connectivity index (χ4n) is 7.57. The van der Waals surface area contributed by atoms with Crippen molar-refractivity contribution in [1.29, 1.82) is 0 Å². The Labute approximate surface area is 292 Å². The van der Waals surface area contributed by atoms with Crippen molar-refractivity contribution in [3.05, 3.63) is 118 Å². The standard InChI is InChI=1S/2C21H22N2O2/c2*1-22-18-8-4-3-7-17(18)20(24)21(25)19(22)15-9-11-16(12-10-15)23-13-5-2-6-14-23/h2*3-4,7-12,25H,2,5-6,13-14H2,1H3. The molecule has 4 heterocycles. The molecule has 2 saturated heterocycles. The highest BCUT2D eigenvalue weighted by Gasteiger charge is 2.19. The zero-order chi connectivity index (χ0) is 34.8. The van der Waals surface area contributed by atoms with Gasteiger partial charge in [-0.2, -0.15) is 0 Å². The topological polar surface area (TPSA) is 90.9 Å². The molecule has 8 nitrogen and oxygen atoms in total. The molecule has 8 heteroatoms. The van der Waals surface area contributed by atoms with E-state index in [1.54, 1.807) is 12.1 Å². The number of aromatic nitrogens is 2. The summed E-state index contributed by atoms with van der Waals surface area (Å²) < 4.78 is 3.78. The number of aromatic hydroxyl groups is 2. The fraction of sp³-hybridized carbons (Fsp3) is 0.286. The van der Waals surface area contributed by atoms with Gasteiger partial charge >= 0.3 is 0 Å². The summed E-state index contributed by atoms with van der Waals surface area (Å²) in [5, 5.41) is 22.1. The van der Waals surface area contributed by atoms with Crippen LogP contribution in [0.1, 0.15) is 38.5 Å². The van der Waals surface area contributed by atoms with Gasteiger partial charge in [-0.3, -0.25) is 9.59 Å². The van der Waals surface area contributed by atoms with Crippen LogP contribution in [0.4, 0.5) is 11.4 Å². The molecular weight excluding hydrogens is 624 g/mol. The number of hydrogen-bond donors (Lipinski definition) is 2. The van der Waals surface area contributed by atoms with Crippen LogP contribution >= 0.6 is 0 Å². The Balaban J connectivity index is 0.000000157. The summed E-state index contributed by atoms with van der Waals surface area (Å²) in [5.41, 5.74) is 6.24. The van der Waals surface area contributed by atoms with Crippen molar-refractivity contribution < 1.29 is 10.2 Å². The van der Waals surface area contributed by atoms with Crippen molar-refractivity contribution >= 4 is 33.2 Å². The van der Waals surface area contributed by atoms with Gasteiger partial charge in [-0.15, -0.1) is 0 Å². The number of nitrogens with zero attached hydrogens (tertiary/aromatic N) is 4. The van der Waals surface area contributed by atoms with Gasteiger partial charge in [-0.25, -0.2) is 0 Å². The van der Waals surface area contributed by atoms with Crippen LogP contribution in [0.5, 0.6) is 11.5 Å². The molecule has 2 aliphatic heterocycles. The van der Waals surface area contributed by atoms with Crippen LogP contribution in [0.3, 0.4) is 0 Å². The van der Waals surface area contributed by atoms with Gasteiger partial charge in [0.25, 0.3) is 0 Å². The molecule has 0 aliphatic carbocycles. The van der Waals surface area contributed by atoms with E-state index in [2.05, 4.69) is 34.1 Å². The van der Waals surface area contributed by atoms with E-state index in [1.807, 2.05) is 83.9 Å². The molecule has 6 aromatic rings. The molecule has 8 rings (SSSR count). The molecule has 2 fully saturated rings. The van der Waals surface area contributed by atoms with Gasteiger partial charge in [0, 0.05) is 73.5 Å². The van der Waals surface area contributed by atoms with Crippen molar-refractivity contribution in [3.63, 3.8) is 0 Å². The number of hydrogen-bond acceptors (Lipinski definition) is 6. The van der Waals surface area contributed by atoms with Crippen LogP contribution in [0, 0.1) is 0 Å². The van der Waals surface area contributed by atoms with Gasteiger partial charge in [0.1, 0.15) is 0 Å². The Morgan fingerprint density at radius 1 is 0.460 bits per heavy atom. The molecule has 4 aromatic carbocycles. The summed E-state index contributed by atoms with van der Waals surface area (Å²) in [6.45, 7) is 4.39. The van der Waals surface area contributed by atoms with E-state index in [0.29, 0.717) is 22.2 Å². The number of anilines is 2. The Bertz CT molecular complexity index is 2100. The molecule has 256 valence electrons. The number of pyridine rings is 2. The minimum absolute atomic E-state index is 0.188. The van der Waals surface area contributed by atoms with Crippen LogP contribution in [-0.2, 0) is 14.1 Å². The molecule has 0 spiro atoms. The molecule has 0 bridgehead atoms. The van der Waals surface area contributed by atoms with Crippen LogP contribution in [-0.4, -0.2) is 45.5 Å². The predicted molar refractivity (Wildman–Crippen MR) is 205 cm³/mol. The van der Waals surface area contributed by atoms with Gasteiger partial charge in [0.15, 0.2) is 11.5 Å². The molecule has 2 aromatic heterocycles. The lowest BCUT2D eigenvalue weighted by molar-refractivity contribution is 0.468. The maximum Gasteiger partial charge on any atom is 0.231 e. The molecule has 0 saturated carbocycles. The van der Waals surface area contributed by atoms with Gasteiger partial charge in [0.05, 0.1) is 22.4 Å². The Morgan fingerprint density at radius 3 is 1.16 bits per heavy atom. The predicted octanol–water partition coefficient (Wildman–Crippen LogP) is 7.80. The number of aryl methyl sites for hydroxylation is 2. The summed E-state index contributed by atoms with van der Waals surface area (Å²) in [6, 6.07) is 31.1. The summed E-state index contributed by atoms with van der Waals surface area (Å²) in [6.07, 6.45) is 7.57. The van der Waals surface area contributed by atoms with Crippen LogP contribution in [0.2, 0.25) is 0 Å². The third kappa shape index (κ3) is 6.22. The average molecular weight is 669 g/mol. The van der Waals surface area contributed by atoms with Crippen LogP contribution < -0.4 is 20.7 Å². The molecule has 2 N–H and O–H groups in total. The van der Waals surface area contributed by atoms with Gasteiger partial charge < -0.3 is 29.1 Å². The first-order chi connectivity index (χ1) is 24.3. The van der Waals surface area contributed by atoms with E-state index in [1.165, 1.54) is 49.9 Å². The van der Waals surface area contributed by atoms with Crippen molar-refractivity contribution in [2.75, 3.05) is 36.0 Å². The zero-order valence-electron chi connectivity index (χ0n) is 28.8. The molecule has 2 aliphatic rings. The highest BCUT2D eigenvalue weighted by molar-refractivity contribution is 5.87.